The summed E-state index contributed by atoms with van der Waals surface area (Å²) in [5, 5.41) is 0. The Balaban J connectivity index is 2.56. The Hall–Kier alpha value is -1.88. The number of hydrogen-bond donors (Lipinski definition) is 1. The van der Waals surface area contributed by atoms with Gasteiger partial charge in [0.2, 0.25) is 0 Å². The van der Waals surface area contributed by atoms with Crippen molar-refractivity contribution in [1.82, 2.24) is 0 Å². The predicted octanol–water partition coefficient (Wildman–Crippen LogP) is 2.09. The van der Waals surface area contributed by atoms with E-state index < -0.39 is 12.1 Å². The van der Waals surface area contributed by atoms with Crippen LogP contribution in [0.2, 0.25) is 0 Å². The van der Waals surface area contributed by atoms with Crippen molar-refractivity contribution in [3.63, 3.8) is 0 Å². The van der Waals surface area contributed by atoms with Crippen LogP contribution in [0.3, 0.4) is 0 Å². The number of benzene rings is 1. The van der Waals surface area contributed by atoms with E-state index in [2.05, 4.69) is 4.74 Å². The van der Waals surface area contributed by atoms with E-state index in [1.54, 1.807) is 24.3 Å². The van der Waals surface area contributed by atoms with E-state index >= 15 is 0 Å². The van der Waals surface area contributed by atoms with E-state index in [-0.39, 0.29) is 18.1 Å². The molecule has 2 N–H and O–H groups in total. The van der Waals surface area contributed by atoms with Crippen LogP contribution in [-0.4, -0.2) is 18.7 Å². The Morgan fingerprint density at radius 1 is 1.33 bits per heavy atom. The molecule has 1 rings (SSSR count). The normalized spacial score (nSPS) is 10.2. The van der Waals surface area contributed by atoms with Gasteiger partial charge in [-0.2, -0.15) is 0 Å². The minimum absolute atomic E-state index is 0.188. The molecule has 0 fully saturated rings. The molecule has 0 aliphatic heterocycles. The molecule has 98 valence electrons. The molecule has 0 aliphatic rings. The van der Waals surface area contributed by atoms with Crippen molar-refractivity contribution in [3.05, 3.63) is 35.4 Å². The van der Waals surface area contributed by atoms with Gasteiger partial charge in [0.05, 0.1) is 12.2 Å². The largest absolute Gasteiger partial charge is 0.516 e. The average Bonchev–Trinajstić information content (AvgIpc) is 2.36. The molecule has 0 radical (unpaired) electrons. The Morgan fingerprint density at radius 2 is 2.06 bits per heavy atom. The van der Waals surface area contributed by atoms with E-state index in [1.165, 1.54) is 0 Å². The quantitative estimate of drug-likeness (QED) is 0.654. The molecule has 0 unspecified atom stereocenters. The van der Waals surface area contributed by atoms with Gasteiger partial charge >= 0.3 is 12.1 Å². The summed E-state index contributed by atoms with van der Waals surface area (Å²) in [5.74, 6) is -0.549. The highest BCUT2D eigenvalue weighted by Gasteiger charge is 2.14. The smallest absolute Gasteiger partial charge is 0.434 e. The van der Waals surface area contributed by atoms with Crippen LogP contribution in [0.4, 0.5) is 4.79 Å². The first kappa shape index (κ1) is 14.2. The zero-order chi connectivity index (χ0) is 13.5. The van der Waals surface area contributed by atoms with Gasteiger partial charge < -0.3 is 15.2 Å². The molecule has 0 saturated heterocycles. The molecule has 1 aromatic rings. The lowest BCUT2D eigenvalue weighted by Gasteiger charge is -2.07. The van der Waals surface area contributed by atoms with E-state index in [9.17, 15) is 9.59 Å². The van der Waals surface area contributed by atoms with E-state index in [0.29, 0.717) is 6.54 Å². The van der Waals surface area contributed by atoms with Crippen molar-refractivity contribution in [2.75, 3.05) is 6.61 Å². The fraction of sp³-hybridized carbons (Fsp3) is 0.385. The van der Waals surface area contributed by atoms with Gasteiger partial charge in [-0.15, -0.1) is 0 Å². The van der Waals surface area contributed by atoms with Gasteiger partial charge in [-0.25, -0.2) is 9.59 Å². The van der Waals surface area contributed by atoms with Crippen molar-refractivity contribution in [3.8, 4) is 0 Å². The van der Waals surface area contributed by atoms with E-state index in [0.717, 1.165) is 5.56 Å². The molecule has 5 nitrogen and oxygen atoms in total. The number of carbonyl (C=O) groups excluding carboxylic acids is 2. The molecule has 1 aromatic carbocycles. The SMILES string of the molecule is CC(C)COC(=O)OC(=O)c1cccc(CN)c1. The van der Waals surface area contributed by atoms with Gasteiger partial charge in [-0.05, 0) is 23.6 Å². The van der Waals surface area contributed by atoms with Crippen LogP contribution in [0, 0.1) is 5.92 Å². The summed E-state index contributed by atoms with van der Waals surface area (Å²) in [5.41, 5.74) is 6.53. The van der Waals surface area contributed by atoms with E-state index in [1.807, 2.05) is 13.8 Å². The van der Waals surface area contributed by atoms with Crippen LogP contribution in [0.5, 0.6) is 0 Å². The third-order valence-corrected chi connectivity index (χ3v) is 2.11. The third-order valence-electron chi connectivity index (χ3n) is 2.11. The Labute approximate surface area is 106 Å². The standard InChI is InChI=1S/C13H17NO4/c1-9(2)8-17-13(16)18-12(15)11-5-3-4-10(6-11)7-14/h3-6,9H,7-8,14H2,1-2H3. The molecule has 5 heteroatoms. The molecular formula is C13H17NO4. The van der Waals surface area contributed by atoms with Crippen molar-refractivity contribution >= 4 is 12.1 Å². The molecule has 0 aliphatic carbocycles. The molecule has 0 heterocycles. The number of hydrogen-bond acceptors (Lipinski definition) is 5. The molecule has 0 saturated carbocycles. The summed E-state index contributed by atoms with van der Waals surface area (Å²) in [6.07, 6.45) is -0.980. The monoisotopic (exact) mass is 251 g/mol. The lowest BCUT2D eigenvalue weighted by atomic mass is 10.1. The van der Waals surface area contributed by atoms with Crippen LogP contribution in [0.1, 0.15) is 29.8 Å². The Bertz CT molecular complexity index is 429. The summed E-state index contributed by atoms with van der Waals surface area (Å²) < 4.78 is 9.29. The van der Waals surface area contributed by atoms with Crippen LogP contribution in [0.25, 0.3) is 0 Å². The second kappa shape index (κ2) is 6.76. The molecule has 0 spiro atoms. The minimum Gasteiger partial charge on any atom is -0.434 e. The number of rotatable bonds is 4. The van der Waals surface area contributed by atoms with Gasteiger partial charge in [-0.3, -0.25) is 0 Å². The first-order valence-corrected chi connectivity index (χ1v) is 5.71. The summed E-state index contributed by atoms with van der Waals surface area (Å²) in [6.45, 7) is 4.31. The number of nitrogens with two attached hydrogens (primary N) is 1. The van der Waals surface area contributed by atoms with Crippen LogP contribution in [0.15, 0.2) is 24.3 Å². The highest BCUT2D eigenvalue weighted by atomic mass is 16.7. The summed E-state index contributed by atoms with van der Waals surface area (Å²) >= 11 is 0. The maximum Gasteiger partial charge on any atom is 0.516 e. The first-order chi connectivity index (χ1) is 8.52. The van der Waals surface area contributed by atoms with Gasteiger partial charge in [-0.1, -0.05) is 26.0 Å². The number of ether oxygens (including phenoxy) is 2. The molecule has 0 atom stereocenters. The zero-order valence-electron chi connectivity index (χ0n) is 10.5. The van der Waals surface area contributed by atoms with E-state index in [4.69, 9.17) is 10.5 Å². The summed E-state index contributed by atoms with van der Waals surface area (Å²) in [6, 6.07) is 6.60. The maximum atomic E-state index is 11.6. The number of esters is 1. The third kappa shape index (κ3) is 4.55. The van der Waals surface area contributed by atoms with Crippen molar-refractivity contribution < 1.29 is 19.1 Å². The second-order valence-corrected chi connectivity index (χ2v) is 4.25. The van der Waals surface area contributed by atoms with Gasteiger partial charge in [0.25, 0.3) is 0 Å². The summed E-state index contributed by atoms with van der Waals surface area (Å²) in [4.78, 5) is 22.8. The van der Waals surface area contributed by atoms with Gasteiger partial charge in [0.15, 0.2) is 0 Å². The fourth-order valence-corrected chi connectivity index (χ4v) is 1.22. The fourth-order valence-electron chi connectivity index (χ4n) is 1.22. The molecule has 0 amide bonds. The molecule has 0 bridgehead atoms. The summed E-state index contributed by atoms with van der Waals surface area (Å²) in [7, 11) is 0. The number of carbonyl (C=O) groups is 2. The highest BCUT2D eigenvalue weighted by Crippen LogP contribution is 2.07. The second-order valence-electron chi connectivity index (χ2n) is 4.25. The van der Waals surface area contributed by atoms with Crippen LogP contribution in [-0.2, 0) is 16.0 Å². The zero-order valence-corrected chi connectivity index (χ0v) is 10.5. The molecular weight excluding hydrogens is 234 g/mol. The van der Waals surface area contributed by atoms with Crippen LogP contribution >= 0.6 is 0 Å². The Kier molecular flexibility index (Phi) is 5.32. The predicted molar refractivity (Wildman–Crippen MR) is 65.9 cm³/mol. The van der Waals surface area contributed by atoms with Crippen molar-refractivity contribution in [2.45, 2.75) is 20.4 Å². The lowest BCUT2D eigenvalue weighted by Crippen LogP contribution is -2.16. The maximum absolute atomic E-state index is 11.6. The van der Waals surface area contributed by atoms with Crippen molar-refractivity contribution in [1.29, 1.82) is 0 Å². The minimum atomic E-state index is -0.980. The van der Waals surface area contributed by atoms with Crippen LogP contribution < -0.4 is 5.73 Å². The Morgan fingerprint density at radius 3 is 2.67 bits per heavy atom. The van der Waals surface area contributed by atoms with Gasteiger partial charge in [0.1, 0.15) is 0 Å². The van der Waals surface area contributed by atoms with Crippen molar-refractivity contribution in [2.24, 2.45) is 11.7 Å². The molecule has 0 aromatic heterocycles. The lowest BCUT2D eigenvalue weighted by molar-refractivity contribution is 0.0351. The molecule has 18 heavy (non-hydrogen) atoms. The highest BCUT2D eigenvalue weighted by molar-refractivity contribution is 5.95. The topological polar surface area (TPSA) is 78.6 Å². The van der Waals surface area contributed by atoms with Gasteiger partial charge in [0, 0.05) is 6.54 Å². The first-order valence-electron chi connectivity index (χ1n) is 5.71. The average molecular weight is 251 g/mol.